The van der Waals surface area contributed by atoms with Gasteiger partial charge in [0.15, 0.2) is 11.5 Å². The Labute approximate surface area is 204 Å². The Morgan fingerprint density at radius 1 is 1.11 bits per heavy atom. The minimum absolute atomic E-state index is 0.204. The molecule has 176 valence electrons. The van der Waals surface area contributed by atoms with Crippen LogP contribution in [-0.2, 0) is 11.3 Å². The van der Waals surface area contributed by atoms with Crippen molar-refractivity contribution < 1.29 is 4.74 Å². The SMILES string of the molecule is [C-]#[N+]c1ccc(-c2cc3n(c2)Cc2cc(N4CCO[C@@H](CN(C)C)C4)ccc2-n2cnnc2-3)cc1. The molecule has 0 N–H and O–H groups in total. The second-order valence-corrected chi connectivity index (χ2v) is 9.44. The van der Waals surface area contributed by atoms with Crippen LogP contribution < -0.4 is 4.90 Å². The van der Waals surface area contributed by atoms with E-state index < -0.39 is 0 Å². The second kappa shape index (κ2) is 8.69. The monoisotopic (exact) mass is 465 g/mol. The third kappa shape index (κ3) is 3.99. The van der Waals surface area contributed by atoms with Crippen LogP contribution in [0.1, 0.15) is 5.56 Å². The van der Waals surface area contributed by atoms with E-state index in [1.165, 1.54) is 11.3 Å². The number of anilines is 1. The predicted molar refractivity (Wildman–Crippen MR) is 136 cm³/mol. The van der Waals surface area contributed by atoms with E-state index in [2.05, 4.69) is 78.5 Å². The first-order valence-corrected chi connectivity index (χ1v) is 11.8. The van der Waals surface area contributed by atoms with Crippen molar-refractivity contribution in [3.8, 4) is 28.3 Å². The van der Waals surface area contributed by atoms with Crippen LogP contribution in [0.5, 0.6) is 0 Å². The summed E-state index contributed by atoms with van der Waals surface area (Å²) >= 11 is 0. The molecule has 0 aliphatic carbocycles. The van der Waals surface area contributed by atoms with Gasteiger partial charge in [-0.2, -0.15) is 0 Å². The highest BCUT2D eigenvalue weighted by Crippen LogP contribution is 2.35. The summed E-state index contributed by atoms with van der Waals surface area (Å²) in [6.07, 6.45) is 4.17. The van der Waals surface area contributed by atoms with Crippen LogP contribution in [0.4, 0.5) is 11.4 Å². The zero-order valence-corrected chi connectivity index (χ0v) is 19.9. The van der Waals surface area contributed by atoms with Crippen LogP contribution in [0.15, 0.2) is 61.1 Å². The van der Waals surface area contributed by atoms with E-state index in [1.807, 2.05) is 24.3 Å². The van der Waals surface area contributed by atoms with Crippen molar-refractivity contribution in [3.63, 3.8) is 0 Å². The number of ether oxygens (including phenoxy) is 1. The van der Waals surface area contributed by atoms with Crippen molar-refractivity contribution in [2.75, 3.05) is 45.2 Å². The number of hydrogen-bond donors (Lipinski definition) is 0. The molecule has 0 saturated carbocycles. The average Bonchev–Trinajstić information content (AvgIpc) is 3.49. The van der Waals surface area contributed by atoms with Crippen LogP contribution in [0, 0.1) is 6.57 Å². The summed E-state index contributed by atoms with van der Waals surface area (Å²) in [6, 6.07) is 16.6. The standard InChI is InChI=1S/C27H27N7O/c1-28-22-6-4-19(5-7-22)20-13-26-27-30-29-18-34(27)25-9-8-23(12-21(25)15-33(26)14-20)32-10-11-35-24(17-32)16-31(2)3/h4-9,12-14,18,24H,10-11,15-17H2,2-3H3/t24-/m0/s1. The van der Waals surface area contributed by atoms with Gasteiger partial charge in [0.05, 0.1) is 30.7 Å². The predicted octanol–water partition coefficient (Wildman–Crippen LogP) is 4.08. The van der Waals surface area contributed by atoms with E-state index in [0.717, 1.165) is 61.1 Å². The van der Waals surface area contributed by atoms with Crippen LogP contribution >= 0.6 is 0 Å². The molecule has 1 atom stereocenters. The second-order valence-electron chi connectivity index (χ2n) is 9.44. The third-order valence-corrected chi connectivity index (χ3v) is 6.74. The largest absolute Gasteiger partial charge is 0.373 e. The Kier molecular flexibility index (Phi) is 5.36. The average molecular weight is 466 g/mol. The lowest BCUT2D eigenvalue weighted by atomic mass is 10.1. The molecule has 2 aromatic heterocycles. The molecule has 8 heteroatoms. The highest BCUT2D eigenvalue weighted by Gasteiger charge is 2.25. The fraction of sp³-hybridized carbons (Fsp3) is 0.296. The molecule has 0 radical (unpaired) electrons. The van der Waals surface area contributed by atoms with Gasteiger partial charge in [-0.05, 0) is 49.5 Å². The van der Waals surface area contributed by atoms with Crippen LogP contribution in [0.3, 0.4) is 0 Å². The summed E-state index contributed by atoms with van der Waals surface area (Å²) < 4.78 is 10.3. The molecule has 6 rings (SSSR count). The van der Waals surface area contributed by atoms with Gasteiger partial charge in [-0.15, -0.1) is 10.2 Å². The van der Waals surface area contributed by atoms with Gasteiger partial charge < -0.3 is 19.1 Å². The molecule has 0 unspecified atom stereocenters. The zero-order valence-electron chi connectivity index (χ0n) is 19.9. The number of fused-ring (bicyclic) bond motifs is 5. The van der Waals surface area contributed by atoms with Crippen LogP contribution in [0.2, 0.25) is 0 Å². The topological polar surface area (TPSA) is 55.7 Å². The van der Waals surface area contributed by atoms with Crippen molar-refractivity contribution in [2.24, 2.45) is 0 Å². The minimum Gasteiger partial charge on any atom is -0.373 e. The summed E-state index contributed by atoms with van der Waals surface area (Å²) in [7, 11) is 4.17. The Morgan fingerprint density at radius 2 is 1.97 bits per heavy atom. The molecule has 2 aliphatic rings. The Balaban J connectivity index is 1.36. The van der Waals surface area contributed by atoms with Crippen LogP contribution in [0.25, 0.3) is 33.2 Å². The number of rotatable bonds is 4. The van der Waals surface area contributed by atoms with Gasteiger partial charge in [-0.1, -0.05) is 24.3 Å². The quantitative estimate of drug-likeness (QED) is 0.375. The molecule has 0 spiro atoms. The van der Waals surface area contributed by atoms with E-state index in [0.29, 0.717) is 5.69 Å². The van der Waals surface area contributed by atoms with Crippen molar-refractivity contribution in [1.29, 1.82) is 0 Å². The summed E-state index contributed by atoms with van der Waals surface area (Å²) in [4.78, 5) is 8.11. The molecule has 1 fully saturated rings. The molecule has 8 nitrogen and oxygen atoms in total. The first-order chi connectivity index (χ1) is 17.1. The number of morpholine rings is 1. The maximum atomic E-state index is 7.20. The third-order valence-electron chi connectivity index (χ3n) is 6.74. The van der Waals surface area contributed by atoms with Gasteiger partial charge in [0.1, 0.15) is 6.33 Å². The lowest BCUT2D eigenvalue weighted by Crippen LogP contribution is -2.46. The van der Waals surface area contributed by atoms with E-state index in [-0.39, 0.29) is 6.10 Å². The van der Waals surface area contributed by atoms with E-state index >= 15 is 0 Å². The zero-order chi connectivity index (χ0) is 23.9. The first kappa shape index (κ1) is 21.6. The molecule has 35 heavy (non-hydrogen) atoms. The number of hydrogen-bond acceptors (Lipinski definition) is 5. The highest BCUT2D eigenvalue weighted by molar-refractivity contribution is 5.73. The Morgan fingerprint density at radius 3 is 2.77 bits per heavy atom. The molecule has 2 aromatic carbocycles. The molecule has 1 saturated heterocycles. The fourth-order valence-electron chi connectivity index (χ4n) is 5.09. The lowest BCUT2D eigenvalue weighted by Gasteiger charge is -2.36. The van der Waals surface area contributed by atoms with Gasteiger partial charge in [-0.3, -0.25) is 4.57 Å². The highest BCUT2D eigenvalue weighted by atomic mass is 16.5. The van der Waals surface area contributed by atoms with E-state index in [9.17, 15) is 0 Å². The smallest absolute Gasteiger partial charge is 0.187 e. The van der Waals surface area contributed by atoms with Crippen LogP contribution in [-0.4, -0.2) is 70.7 Å². The summed E-state index contributed by atoms with van der Waals surface area (Å²) in [5.41, 5.74) is 7.41. The van der Waals surface area contributed by atoms with Gasteiger partial charge >= 0.3 is 0 Å². The van der Waals surface area contributed by atoms with Crippen molar-refractivity contribution in [1.82, 2.24) is 24.2 Å². The molecule has 4 heterocycles. The first-order valence-electron chi connectivity index (χ1n) is 11.8. The molecular formula is C27H27N7O. The fourth-order valence-corrected chi connectivity index (χ4v) is 5.09. The molecule has 0 amide bonds. The van der Waals surface area contributed by atoms with Gasteiger partial charge in [0.25, 0.3) is 0 Å². The van der Waals surface area contributed by atoms with E-state index in [1.54, 1.807) is 6.33 Å². The van der Waals surface area contributed by atoms with Crippen molar-refractivity contribution in [2.45, 2.75) is 12.6 Å². The maximum absolute atomic E-state index is 7.20. The number of benzene rings is 2. The molecule has 0 bridgehead atoms. The maximum Gasteiger partial charge on any atom is 0.187 e. The Hall–Kier alpha value is -3.93. The van der Waals surface area contributed by atoms with Crippen molar-refractivity contribution >= 4 is 11.4 Å². The number of aromatic nitrogens is 4. The van der Waals surface area contributed by atoms with Gasteiger partial charge in [0, 0.05) is 43.6 Å². The summed E-state index contributed by atoms with van der Waals surface area (Å²) in [6.45, 7) is 11.4. The summed E-state index contributed by atoms with van der Waals surface area (Å²) in [5.74, 6) is 0.831. The minimum atomic E-state index is 0.204. The number of nitrogens with zero attached hydrogens (tertiary/aromatic N) is 7. The van der Waals surface area contributed by atoms with Gasteiger partial charge in [-0.25, -0.2) is 4.85 Å². The van der Waals surface area contributed by atoms with E-state index in [4.69, 9.17) is 11.3 Å². The normalized spacial score (nSPS) is 16.9. The van der Waals surface area contributed by atoms with Crippen molar-refractivity contribution in [3.05, 3.63) is 78.0 Å². The number of likely N-dealkylation sites (N-methyl/N-ethyl adjacent to an activating group) is 1. The molecule has 2 aliphatic heterocycles. The summed E-state index contributed by atoms with van der Waals surface area (Å²) in [5, 5.41) is 8.69. The Bertz CT molecular complexity index is 1410. The molecule has 4 aromatic rings. The molecular weight excluding hydrogens is 438 g/mol. The lowest BCUT2D eigenvalue weighted by molar-refractivity contribution is 0.0248. The van der Waals surface area contributed by atoms with Gasteiger partial charge in [0.2, 0.25) is 0 Å².